The average molecular weight is 544 g/mol. The van der Waals surface area contributed by atoms with Crippen molar-refractivity contribution in [2.24, 2.45) is 0 Å². The van der Waals surface area contributed by atoms with E-state index in [4.69, 9.17) is 14.2 Å². The number of amides is 1. The molecule has 3 aromatic rings. The van der Waals surface area contributed by atoms with E-state index in [1.807, 2.05) is 45.0 Å². The van der Waals surface area contributed by atoms with Crippen molar-refractivity contribution < 1.29 is 28.9 Å². The van der Waals surface area contributed by atoms with Crippen LogP contribution in [0.5, 0.6) is 17.2 Å². The number of carbonyl (C=O) groups excluding carboxylic acids is 2. The fraction of sp³-hybridized carbons (Fsp3) is 0.333. The summed E-state index contributed by atoms with van der Waals surface area (Å²) >= 11 is 0. The highest BCUT2D eigenvalue weighted by Crippen LogP contribution is 2.44. The lowest BCUT2D eigenvalue weighted by Gasteiger charge is -2.27. The van der Waals surface area contributed by atoms with Crippen LogP contribution in [0.2, 0.25) is 0 Å². The van der Waals surface area contributed by atoms with Gasteiger partial charge in [0.15, 0.2) is 0 Å². The number of rotatable bonds is 9. The van der Waals surface area contributed by atoms with Crippen molar-refractivity contribution in [2.45, 2.75) is 53.0 Å². The highest BCUT2D eigenvalue weighted by molar-refractivity contribution is 6.51. The average Bonchev–Trinajstić information content (AvgIpc) is 3.19. The molecule has 1 amide bonds. The van der Waals surface area contributed by atoms with Gasteiger partial charge in [0.2, 0.25) is 0 Å². The zero-order valence-corrected chi connectivity index (χ0v) is 24.0. The molecule has 0 radical (unpaired) electrons. The molecule has 1 fully saturated rings. The lowest BCUT2D eigenvalue weighted by atomic mass is 9.85. The minimum absolute atomic E-state index is 0.00694. The Morgan fingerprint density at radius 3 is 1.95 bits per heavy atom. The van der Waals surface area contributed by atoms with Gasteiger partial charge in [-0.2, -0.15) is 0 Å². The van der Waals surface area contributed by atoms with Gasteiger partial charge in [-0.1, -0.05) is 45.0 Å². The van der Waals surface area contributed by atoms with Gasteiger partial charge in [-0.3, -0.25) is 14.5 Å². The smallest absolute Gasteiger partial charge is 0.300 e. The van der Waals surface area contributed by atoms with Gasteiger partial charge in [0.25, 0.3) is 11.7 Å². The first-order valence-corrected chi connectivity index (χ1v) is 13.6. The van der Waals surface area contributed by atoms with Crippen LogP contribution in [0.1, 0.15) is 64.3 Å². The van der Waals surface area contributed by atoms with Crippen LogP contribution in [0.25, 0.3) is 5.76 Å². The minimum Gasteiger partial charge on any atom is -0.507 e. The van der Waals surface area contributed by atoms with Gasteiger partial charge in [0.05, 0.1) is 37.0 Å². The number of aliphatic hydroxyl groups excluding tert-OH is 1. The Bertz CT molecular complexity index is 1400. The highest BCUT2D eigenvalue weighted by atomic mass is 16.5. The van der Waals surface area contributed by atoms with Crippen molar-refractivity contribution in [3.8, 4) is 17.2 Å². The molecule has 1 saturated heterocycles. The monoisotopic (exact) mass is 543 g/mol. The van der Waals surface area contributed by atoms with E-state index in [1.54, 1.807) is 42.5 Å². The van der Waals surface area contributed by atoms with Gasteiger partial charge in [0.1, 0.15) is 23.0 Å². The molecule has 0 aromatic heterocycles. The van der Waals surface area contributed by atoms with Crippen LogP contribution in [-0.2, 0) is 15.0 Å². The predicted octanol–water partition coefficient (Wildman–Crippen LogP) is 6.81. The van der Waals surface area contributed by atoms with Crippen LogP contribution in [0.15, 0.2) is 72.3 Å². The van der Waals surface area contributed by atoms with E-state index in [9.17, 15) is 14.7 Å². The molecule has 1 aliphatic rings. The summed E-state index contributed by atoms with van der Waals surface area (Å²) in [6, 6.07) is 19.0. The molecule has 3 aromatic carbocycles. The lowest BCUT2D eigenvalue weighted by molar-refractivity contribution is -0.132. The Balaban J connectivity index is 1.91. The fourth-order valence-corrected chi connectivity index (χ4v) is 4.82. The summed E-state index contributed by atoms with van der Waals surface area (Å²) in [6.45, 7) is 13.3. The molecule has 1 unspecified atom stereocenters. The van der Waals surface area contributed by atoms with Crippen molar-refractivity contribution in [1.29, 1.82) is 0 Å². The quantitative estimate of drug-likeness (QED) is 0.181. The second-order valence-electron chi connectivity index (χ2n) is 10.5. The Morgan fingerprint density at radius 1 is 0.800 bits per heavy atom. The summed E-state index contributed by atoms with van der Waals surface area (Å²) in [5, 5.41) is 11.7. The highest BCUT2D eigenvalue weighted by Gasteiger charge is 2.47. The molecule has 0 aliphatic carbocycles. The third-order valence-electron chi connectivity index (χ3n) is 6.78. The van der Waals surface area contributed by atoms with E-state index in [0.717, 1.165) is 5.56 Å². The van der Waals surface area contributed by atoms with Gasteiger partial charge in [-0.15, -0.1) is 0 Å². The van der Waals surface area contributed by atoms with Gasteiger partial charge in [-0.25, -0.2) is 0 Å². The molecule has 7 nitrogen and oxygen atoms in total. The molecule has 0 spiro atoms. The Labute approximate surface area is 236 Å². The molecule has 1 N–H and O–H groups in total. The minimum atomic E-state index is -0.854. The van der Waals surface area contributed by atoms with E-state index in [1.165, 1.54) is 4.90 Å². The van der Waals surface area contributed by atoms with Crippen molar-refractivity contribution in [1.82, 2.24) is 0 Å². The number of carbonyl (C=O) groups is 2. The first-order valence-electron chi connectivity index (χ1n) is 13.6. The lowest BCUT2D eigenvalue weighted by Crippen LogP contribution is -2.29. The van der Waals surface area contributed by atoms with Crippen molar-refractivity contribution in [3.63, 3.8) is 0 Å². The van der Waals surface area contributed by atoms with Gasteiger partial charge >= 0.3 is 0 Å². The van der Waals surface area contributed by atoms with E-state index >= 15 is 0 Å². The second-order valence-corrected chi connectivity index (χ2v) is 10.5. The van der Waals surface area contributed by atoms with Gasteiger partial charge < -0.3 is 19.3 Å². The van der Waals surface area contributed by atoms with E-state index in [0.29, 0.717) is 53.9 Å². The molecule has 0 saturated carbocycles. The number of ether oxygens (including phenoxy) is 3. The molecule has 7 heteroatoms. The Hall–Kier alpha value is -4.26. The standard InChI is InChI=1S/C33H37NO6/c1-7-38-24-16-14-23(15-17-24)34-29(21-10-12-22(13-11-21)33(4,5)6)28(31(36)32(34)37)30(35)26-19-18-25(39-8-2)20-27(26)40-9-3/h10-20,29,35H,7-9H2,1-6H3/b30-28-. The molecular weight excluding hydrogens is 506 g/mol. The number of nitrogens with zero attached hydrogens (tertiary/aromatic N) is 1. The third-order valence-corrected chi connectivity index (χ3v) is 6.78. The molecule has 40 heavy (non-hydrogen) atoms. The molecule has 1 aliphatic heterocycles. The van der Waals surface area contributed by atoms with E-state index in [2.05, 4.69) is 20.8 Å². The number of benzene rings is 3. The summed E-state index contributed by atoms with van der Waals surface area (Å²) < 4.78 is 17.0. The van der Waals surface area contributed by atoms with Crippen molar-refractivity contribution >= 4 is 23.1 Å². The molecule has 210 valence electrons. The Kier molecular flexibility index (Phi) is 8.52. The predicted molar refractivity (Wildman–Crippen MR) is 156 cm³/mol. The van der Waals surface area contributed by atoms with Crippen molar-refractivity contribution in [3.05, 3.63) is 89.0 Å². The summed E-state index contributed by atoms with van der Waals surface area (Å²) in [5.41, 5.74) is 2.56. The van der Waals surface area contributed by atoms with Crippen LogP contribution in [0, 0.1) is 0 Å². The first-order chi connectivity index (χ1) is 19.1. The second kappa shape index (κ2) is 11.9. The fourth-order valence-electron chi connectivity index (χ4n) is 4.82. The SMILES string of the molecule is CCOc1ccc(N2C(=O)C(=O)/C(=C(\O)c3ccc(OCC)cc3OCC)C2c2ccc(C(C)(C)C)cc2)cc1. The maximum atomic E-state index is 13.6. The summed E-state index contributed by atoms with van der Waals surface area (Å²) in [7, 11) is 0. The first kappa shape index (κ1) is 28.7. The van der Waals surface area contributed by atoms with Crippen LogP contribution in [0.3, 0.4) is 0 Å². The summed E-state index contributed by atoms with van der Waals surface area (Å²) in [4.78, 5) is 28.6. The Morgan fingerprint density at radius 2 is 1.38 bits per heavy atom. The summed E-state index contributed by atoms with van der Waals surface area (Å²) in [5.74, 6) is -0.202. The van der Waals surface area contributed by atoms with E-state index < -0.39 is 17.7 Å². The number of anilines is 1. The maximum Gasteiger partial charge on any atom is 0.300 e. The number of hydrogen-bond donors (Lipinski definition) is 1. The zero-order chi connectivity index (χ0) is 29.0. The van der Waals surface area contributed by atoms with Crippen LogP contribution in [-0.4, -0.2) is 36.6 Å². The number of Topliss-reactive ketones (excluding diaryl/α,β-unsaturated/α-hetero) is 1. The molecule has 4 rings (SSSR count). The number of hydrogen-bond acceptors (Lipinski definition) is 6. The topological polar surface area (TPSA) is 85.3 Å². The number of aliphatic hydroxyl groups is 1. The van der Waals surface area contributed by atoms with Crippen molar-refractivity contribution in [2.75, 3.05) is 24.7 Å². The van der Waals surface area contributed by atoms with E-state index in [-0.39, 0.29) is 16.7 Å². The molecule has 1 heterocycles. The number of ketones is 1. The van der Waals surface area contributed by atoms with Crippen LogP contribution in [0.4, 0.5) is 5.69 Å². The zero-order valence-electron chi connectivity index (χ0n) is 24.0. The molecule has 1 atom stereocenters. The molecular formula is C33H37NO6. The largest absolute Gasteiger partial charge is 0.507 e. The van der Waals surface area contributed by atoms with Crippen LogP contribution >= 0.6 is 0 Å². The van der Waals surface area contributed by atoms with Gasteiger partial charge in [0, 0.05) is 11.8 Å². The normalized spacial score (nSPS) is 16.8. The molecule has 0 bridgehead atoms. The summed E-state index contributed by atoms with van der Waals surface area (Å²) in [6.07, 6.45) is 0. The van der Waals surface area contributed by atoms with Crippen LogP contribution < -0.4 is 19.1 Å². The maximum absolute atomic E-state index is 13.6. The third kappa shape index (κ3) is 5.69. The van der Waals surface area contributed by atoms with Gasteiger partial charge in [-0.05, 0) is 73.7 Å².